The summed E-state index contributed by atoms with van der Waals surface area (Å²) in [6.45, 7) is 0.222. The summed E-state index contributed by atoms with van der Waals surface area (Å²) in [7, 11) is 2.77. The molecule has 1 aliphatic carbocycles. The molecule has 2 N–H and O–H groups in total. The molecule has 0 fully saturated rings. The Kier molecular flexibility index (Phi) is 7.19. The first-order chi connectivity index (χ1) is 16.3. The van der Waals surface area contributed by atoms with Crippen molar-refractivity contribution < 1.29 is 28.5 Å². The maximum Gasteiger partial charge on any atom is 0.340 e. The zero-order valence-corrected chi connectivity index (χ0v) is 21.0. The molecule has 9 heteroatoms. The Bertz CT molecular complexity index is 1220. The summed E-state index contributed by atoms with van der Waals surface area (Å²) in [4.78, 5) is 25.6. The maximum atomic E-state index is 12.9. The van der Waals surface area contributed by atoms with E-state index in [1.165, 1.54) is 14.2 Å². The number of hydrogen-bond acceptors (Lipinski definition) is 7. The van der Waals surface area contributed by atoms with E-state index in [-0.39, 0.29) is 23.8 Å². The number of ether oxygens (including phenoxy) is 4. The Labute approximate surface area is 210 Å². The Balaban J connectivity index is 1.78. The van der Waals surface area contributed by atoms with E-state index >= 15 is 0 Å². The third-order valence-electron chi connectivity index (χ3n) is 5.80. The van der Waals surface area contributed by atoms with E-state index in [1.807, 2.05) is 18.2 Å². The van der Waals surface area contributed by atoms with Crippen LogP contribution in [0, 0.1) is 0 Å². The molecule has 0 unspecified atom stereocenters. The van der Waals surface area contributed by atoms with Gasteiger partial charge >= 0.3 is 5.97 Å². The van der Waals surface area contributed by atoms with Gasteiger partial charge in [0.25, 0.3) is 0 Å². The van der Waals surface area contributed by atoms with E-state index in [0.29, 0.717) is 57.2 Å². The second kappa shape index (κ2) is 10.1. The smallest absolute Gasteiger partial charge is 0.340 e. The summed E-state index contributed by atoms with van der Waals surface area (Å²) in [5, 5.41) is 0.593. The van der Waals surface area contributed by atoms with Crippen LogP contribution in [0.5, 0.6) is 11.5 Å². The number of Topliss-reactive ketones (excluding diaryl/α,β-unsaturated/α-hetero) is 1. The van der Waals surface area contributed by atoms with Crippen molar-refractivity contribution in [2.45, 2.75) is 31.8 Å². The zero-order chi connectivity index (χ0) is 24.4. The minimum atomic E-state index is -0.758. The number of halogens is 2. The summed E-state index contributed by atoms with van der Waals surface area (Å²) >= 11 is 9.81. The van der Waals surface area contributed by atoms with E-state index in [4.69, 9.17) is 36.3 Å². The van der Waals surface area contributed by atoms with Gasteiger partial charge in [0.05, 0.1) is 24.6 Å². The summed E-state index contributed by atoms with van der Waals surface area (Å²) < 4.78 is 22.9. The number of nitrogens with two attached hydrogens (primary N) is 1. The second-order valence-electron chi connectivity index (χ2n) is 7.83. The lowest BCUT2D eigenvalue weighted by molar-refractivity contribution is -0.136. The molecule has 178 valence electrons. The van der Waals surface area contributed by atoms with Gasteiger partial charge in [-0.2, -0.15) is 0 Å². The van der Waals surface area contributed by atoms with Crippen LogP contribution in [0.1, 0.15) is 36.3 Å². The fourth-order valence-electron chi connectivity index (χ4n) is 4.21. The van der Waals surface area contributed by atoms with Crippen LogP contribution in [0.3, 0.4) is 0 Å². The summed E-state index contributed by atoms with van der Waals surface area (Å²) in [6, 6.07) is 10.9. The first-order valence-electron chi connectivity index (χ1n) is 10.6. The highest BCUT2D eigenvalue weighted by Crippen LogP contribution is 2.47. The molecule has 0 radical (unpaired) electrons. The highest BCUT2D eigenvalue weighted by atomic mass is 79.9. The van der Waals surface area contributed by atoms with Crippen LogP contribution < -0.4 is 15.2 Å². The number of hydrogen-bond donors (Lipinski definition) is 1. The first-order valence-corrected chi connectivity index (χ1v) is 11.8. The van der Waals surface area contributed by atoms with Crippen LogP contribution in [0.25, 0.3) is 0 Å². The number of benzene rings is 2. The van der Waals surface area contributed by atoms with Crippen LogP contribution in [0.15, 0.2) is 63.7 Å². The standard InChI is InChI=1S/C25H23BrClNO6/c1-31-19-11-14(10-15(26)23(19)33-12-13-6-3-4-7-16(13)27)20-21-17(29)8-5-9-18(21)34-24(28)22(20)25(30)32-2/h3-4,6-7,10-11,20H,5,8-9,12,28H2,1-2H3/t20-/m0/s1. The number of esters is 1. The highest BCUT2D eigenvalue weighted by Gasteiger charge is 2.41. The quantitative estimate of drug-likeness (QED) is 0.498. The van der Waals surface area contributed by atoms with Crippen LogP contribution >= 0.6 is 27.5 Å². The van der Waals surface area contributed by atoms with Crippen LogP contribution in [0.4, 0.5) is 0 Å². The SMILES string of the molecule is COC(=O)C1=C(N)OC2=C(C(=O)CCC2)[C@@H]1c1cc(Br)c(OCc2ccccc2Cl)c(OC)c1. The van der Waals surface area contributed by atoms with E-state index in [0.717, 1.165) is 5.56 Å². The lowest BCUT2D eigenvalue weighted by Gasteiger charge is -2.32. The van der Waals surface area contributed by atoms with Gasteiger partial charge in [0.15, 0.2) is 17.3 Å². The summed E-state index contributed by atoms with van der Waals surface area (Å²) in [6.07, 6.45) is 1.58. The number of allylic oxidation sites excluding steroid dienone is 2. The van der Waals surface area contributed by atoms with Gasteiger partial charge in [-0.25, -0.2) is 4.79 Å². The Morgan fingerprint density at radius 2 is 2.00 bits per heavy atom. The van der Waals surface area contributed by atoms with Gasteiger partial charge in [0.1, 0.15) is 17.9 Å². The van der Waals surface area contributed by atoms with Crippen LogP contribution in [-0.4, -0.2) is 26.0 Å². The molecule has 0 aromatic heterocycles. The van der Waals surface area contributed by atoms with Crippen LogP contribution in [0.2, 0.25) is 5.02 Å². The van der Waals surface area contributed by atoms with E-state index in [2.05, 4.69) is 15.9 Å². The monoisotopic (exact) mass is 547 g/mol. The van der Waals surface area contributed by atoms with Crippen molar-refractivity contribution in [3.05, 3.63) is 79.8 Å². The molecule has 0 saturated heterocycles. The number of carbonyl (C=O) groups excluding carboxylic acids is 2. The number of ketones is 1. The zero-order valence-electron chi connectivity index (χ0n) is 18.7. The van der Waals surface area contributed by atoms with Crippen molar-refractivity contribution in [2.24, 2.45) is 5.73 Å². The van der Waals surface area contributed by atoms with Crippen molar-refractivity contribution in [1.29, 1.82) is 0 Å². The average molecular weight is 549 g/mol. The molecule has 1 heterocycles. The molecule has 1 atom stereocenters. The molecule has 2 aromatic carbocycles. The molecule has 7 nitrogen and oxygen atoms in total. The van der Waals surface area contributed by atoms with E-state index in [1.54, 1.807) is 18.2 Å². The minimum Gasteiger partial charge on any atom is -0.493 e. The third kappa shape index (κ3) is 4.52. The second-order valence-corrected chi connectivity index (χ2v) is 9.09. The van der Waals surface area contributed by atoms with E-state index < -0.39 is 11.9 Å². The largest absolute Gasteiger partial charge is 0.493 e. The number of rotatable bonds is 6. The van der Waals surface area contributed by atoms with Crippen molar-refractivity contribution in [1.82, 2.24) is 0 Å². The first kappa shape index (κ1) is 24.2. The van der Waals surface area contributed by atoms with Crippen molar-refractivity contribution in [3.8, 4) is 11.5 Å². The number of methoxy groups -OCH3 is 2. The van der Waals surface area contributed by atoms with Gasteiger partial charge in [-0.05, 0) is 46.1 Å². The molecule has 0 amide bonds. The van der Waals surface area contributed by atoms with Gasteiger partial charge in [0.2, 0.25) is 5.88 Å². The predicted octanol–water partition coefficient (Wildman–Crippen LogP) is 5.15. The molecule has 2 aliphatic rings. The molecule has 0 spiro atoms. The minimum absolute atomic E-state index is 0.0700. The molecule has 1 aliphatic heterocycles. The normalized spacial score (nSPS) is 17.8. The Morgan fingerprint density at radius 1 is 1.24 bits per heavy atom. The maximum absolute atomic E-state index is 12.9. The molecular weight excluding hydrogens is 526 g/mol. The topological polar surface area (TPSA) is 97.1 Å². The van der Waals surface area contributed by atoms with Crippen molar-refractivity contribution in [2.75, 3.05) is 14.2 Å². The number of carbonyl (C=O) groups is 2. The molecule has 34 heavy (non-hydrogen) atoms. The predicted molar refractivity (Wildman–Crippen MR) is 129 cm³/mol. The van der Waals surface area contributed by atoms with E-state index in [9.17, 15) is 9.59 Å². The third-order valence-corrected chi connectivity index (χ3v) is 6.76. The van der Waals surface area contributed by atoms with Gasteiger partial charge < -0.3 is 24.7 Å². The fourth-order valence-corrected chi connectivity index (χ4v) is 4.97. The molecule has 0 bridgehead atoms. The van der Waals surface area contributed by atoms with Crippen molar-refractivity contribution in [3.63, 3.8) is 0 Å². The summed E-state index contributed by atoms with van der Waals surface area (Å²) in [5.41, 5.74) is 8.06. The van der Waals surface area contributed by atoms with Gasteiger partial charge in [0, 0.05) is 29.0 Å². The van der Waals surface area contributed by atoms with Crippen LogP contribution in [-0.2, 0) is 25.7 Å². The van der Waals surface area contributed by atoms with Gasteiger partial charge in [-0.3, -0.25) is 4.79 Å². The lowest BCUT2D eigenvalue weighted by atomic mass is 9.77. The summed E-state index contributed by atoms with van der Waals surface area (Å²) in [5.74, 6) is -0.224. The molecular formula is C25H23BrClNO6. The van der Waals surface area contributed by atoms with Crippen molar-refractivity contribution >= 4 is 39.3 Å². The lowest BCUT2D eigenvalue weighted by Crippen LogP contribution is -2.31. The Morgan fingerprint density at radius 3 is 2.71 bits per heavy atom. The Hall–Kier alpha value is -2.97. The highest BCUT2D eigenvalue weighted by molar-refractivity contribution is 9.10. The molecule has 0 saturated carbocycles. The average Bonchev–Trinajstić information content (AvgIpc) is 2.82. The fraction of sp³-hybridized carbons (Fsp3) is 0.280. The molecule has 4 rings (SSSR count). The van der Waals surface area contributed by atoms with Gasteiger partial charge in [-0.1, -0.05) is 29.8 Å². The van der Waals surface area contributed by atoms with Gasteiger partial charge in [-0.15, -0.1) is 0 Å². The molecule has 2 aromatic rings.